The molecule has 0 bridgehead atoms. The molecule has 0 spiro atoms. The summed E-state index contributed by atoms with van der Waals surface area (Å²) in [6, 6.07) is 0. The first kappa shape index (κ1) is 14.9. The van der Waals surface area contributed by atoms with Gasteiger partial charge in [0.15, 0.2) is 0 Å². The third-order valence-electron chi connectivity index (χ3n) is 3.50. The third-order valence-corrected chi connectivity index (χ3v) is 3.50. The van der Waals surface area contributed by atoms with Crippen molar-refractivity contribution in [2.45, 2.75) is 52.1 Å². The van der Waals surface area contributed by atoms with Crippen LogP contribution in [0, 0.1) is 0 Å². The van der Waals surface area contributed by atoms with E-state index in [1.54, 1.807) is 0 Å². The molecule has 0 amide bonds. The Balaban J connectivity index is 1.75. The lowest BCUT2D eigenvalue weighted by molar-refractivity contribution is 0.0621. The van der Waals surface area contributed by atoms with Crippen LogP contribution in [0.2, 0.25) is 0 Å². The molecule has 17 heavy (non-hydrogen) atoms. The van der Waals surface area contributed by atoms with Crippen molar-refractivity contribution in [2.24, 2.45) is 0 Å². The molecule has 1 N–H and O–H groups in total. The number of nitrogens with zero attached hydrogens (tertiary/aromatic N) is 1. The van der Waals surface area contributed by atoms with Gasteiger partial charge in [0.05, 0.1) is 6.10 Å². The molecule has 1 atom stereocenters. The minimum atomic E-state index is 0.421. The molecule has 0 aromatic heterocycles. The van der Waals surface area contributed by atoms with Crippen LogP contribution in [0.4, 0.5) is 0 Å². The second-order valence-corrected chi connectivity index (χ2v) is 5.10. The van der Waals surface area contributed by atoms with Crippen molar-refractivity contribution in [2.75, 3.05) is 39.3 Å². The van der Waals surface area contributed by atoms with Crippen molar-refractivity contribution in [3.63, 3.8) is 0 Å². The highest BCUT2D eigenvalue weighted by Gasteiger charge is 2.09. The molecule has 3 nitrogen and oxygen atoms in total. The first-order valence-corrected chi connectivity index (χ1v) is 7.37. The Kier molecular flexibility index (Phi) is 8.67. The van der Waals surface area contributed by atoms with Gasteiger partial charge in [-0.05, 0) is 71.8 Å². The molecule has 102 valence electrons. The smallest absolute Gasteiger partial charge is 0.0544 e. The first-order chi connectivity index (χ1) is 8.33. The largest absolute Gasteiger partial charge is 0.378 e. The fourth-order valence-electron chi connectivity index (χ4n) is 2.16. The van der Waals surface area contributed by atoms with Crippen molar-refractivity contribution in [1.82, 2.24) is 10.2 Å². The molecular weight excluding hydrogens is 212 g/mol. The summed E-state index contributed by atoms with van der Waals surface area (Å²) in [5, 5.41) is 3.49. The van der Waals surface area contributed by atoms with Gasteiger partial charge in [0.25, 0.3) is 0 Å². The zero-order chi connectivity index (χ0) is 12.3. The van der Waals surface area contributed by atoms with Gasteiger partial charge in [0, 0.05) is 6.61 Å². The van der Waals surface area contributed by atoms with Gasteiger partial charge in [-0.1, -0.05) is 6.92 Å². The van der Waals surface area contributed by atoms with E-state index in [1.807, 2.05) is 0 Å². The fourth-order valence-corrected chi connectivity index (χ4v) is 2.16. The summed E-state index contributed by atoms with van der Waals surface area (Å²) >= 11 is 0. The zero-order valence-electron chi connectivity index (χ0n) is 11.7. The van der Waals surface area contributed by atoms with E-state index in [0.717, 1.165) is 32.5 Å². The lowest BCUT2D eigenvalue weighted by atomic mass is 10.3. The Labute approximate surface area is 107 Å². The molecule has 1 saturated heterocycles. The summed E-state index contributed by atoms with van der Waals surface area (Å²) in [5.41, 5.74) is 0. The van der Waals surface area contributed by atoms with Gasteiger partial charge in [-0.25, -0.2) is 0 Å². The normalized spacial score (nSPS) is 18.7. The predicted molar refractivity (Wildman–Crippen MR) is 73.5 cm³/mol. The van der Waals surface area contributed by atoms with Crippen LogP contribution in [0.5, 0.6) is 0 Å². The Morgan fingerprint density at radius 1 is 1.18 bits per heavy atom. The Bertz CT molecular complexity index is 170. The van der Waals surface area contributed by atoms with Crippen molar-refractivity contribution in [1.29, 1.82) is 0 Å². The van der Waals surface area contributed by atoms with Gasteiger partial charge in [0.1, 0.15) is 0 Å². The molecule has 0 aromatic rings. The number of hydrogen-bond acceptors (Lipinski definition) is 3. The maximum atomic E-state index is 5.63. The lowest BCUT2D eigenvalue weighted by Crippen LogP contribution is -2.25. The van der Waals surface area contributed by atoms with E-state index in [4.69, 9.17) is 4.74 Å². The molecule has 0 radical (unpaired) electrons. The molecule has 1 heterocycles. The second-order valence-electron chi connectivity index (χ2n) is 5.10. The Morgan fingerprint density at radius 2 is 1.88 bits per heavy atom. The van der Waals surface area contributed by atoms with E-state index in [9.17, 15) is 0 Å². The van der Waals surface area contributed by atoms with Gasteiger partial charge in [-0.3, -0.25) is 0 Å². The topological polar surface area (TPSA) is 24.5 Å². The second kappa shape index (κ2) is 9.86. The summed E-state index contributed by atoms with van der Waals surface area (Å²) < 4.78 is 5.63. The molecule has 1 unspecified atom stereocenters. The number of likely N-dealkylation sites (tertiary alicyclic amines) is 1. The molecular formula is C14H30N2O. The van der Waals surface area contributed by atoms with Crippen LogP contribution < -0.4 is 5.32 Å². The number of nitrogens with one attached hydrogen (secondary N) is 1. The molecule has 1 fully saturated rings. The zero-order valence-corrected chi connectivity index (χ0v) is 11.7. The molecule has 0 aromatic carbocycles. The van der Waals surface area contributed by atoms with Crippen LogP contribution >= 0.6 is 0 Å². The van der Waals surface area contributed by atoms with Crippen LogP contribution in [0.3, 0.4) is 0 Å². The Hall–Kier alpha value is -0.120. The average molecular weight is 242 g/mol. The van der Waals surface area contributed by atoms with E-state index in [0.29, 0.717) is 6.10 Å². The monoisotopic (exact) mass is 242 g/mol. The number of ether oxygens (including phenoxy) is 1. The van der Waals surface area contributed by atoms with Crippen molar-refractivity contribution < 1.29 is 4.74 Å². The highest BCUT2D eigenvalue weighted by molar-refractivity contribution is 4.66. The predicted octanol–water partition coefficient (Wildman–Crippen LogP) is 2.27. The summed E-state index contributed by atoms with van der Waals surface area (Å²) in [4.78, 5) is 2.58. The summed E-state index contributed by atoms with van der Waals surface area (Å²) in [6.45, 7) is 11.4. The molecule has 1 rings (SSSR count). The standard InChI is InChI=1S/C14H30N2O/c1-3-14(2)17-13-7-9-15-8-6-12-16-10-4-5-11-16/h14-15H,3-13H2,1-2H3. The maximum Gasteiger partial charge on any atom is 0.0544 e. The third kappa shape index (κ3) is 7.74. The van der Waals surface area contributed by atoms with Gasteiger partial charge in [-0.15, -0.1) is 0 Å². The van der Waals surface area contributed by atoms with E-state index < -0.39 is 0 Å². The van der Waals surface area contributed by atoms with Crippen LogP contribution in [0.25, 0.3) is 0 Å². The number of rotatable bonds is 10. The Morgan fingerprint density at radius 3 is 2.59 bits per heavy atom. The van der Waals surface area contributed by atoms with E-state index >= 15 is 0 Å². The fraction of sp³-hybridized carbons (Fsp3) is 1.00. The van der Waals surface area contributed by atoms with Gasteiger partial charge in [-0.2, -0.15) is 0 Å². The van der Waals surface area contributed by atoms with E-state index in [2.05, 4.69) is 24.1 Å². The SMILES string of the molecule is CCC(C)OCCCNCCCN1CCCC1. The minimum absolute atomic E-state index is 0.421. The van der Waals surface area contributed by atoms with Crippen LogP contribution in [0.15, 0.2) is 0 Å². The van der Waals surface area contributed by atoms with Crippen molar-refractivity contribution in [3.8, 4) is 0 Å². The molecule has 1 aliphatic rings. The minimum Gasteiger partial charge on any atom is -0.378 e. The quantitative estimate of drug-likeness (QED) is 0.595. The summed E-state index contributed by atoms with van der Waals surface area (Å²) in [5.74, 6) is 0. The highest BCUT2D eigenvalue weighted by atomic mass is 16.5. The van der Waals surface area contributed by atoms with E-state index in [1.165, 1.54) is 38.9 Å². The molecule has 0 saturated carbocycles. The summed E-state index contributed by atoms with van der Waals surface area (Å²) in [7, 11) is 0. The average Bonchev–Trinajstić information content (AvgIpc) is 2.85. The highest BCUT2D eigenvalue weighted by Crippen LogP contribution is 2.06. The van der Waals surface area contributed by atoms with Crippen LogP contribution in [-0.2, 0) is 4.74 Å². The molecule has 3 heteroatoms. The van der Waals surface area contributed by atoms with Gasteiger partial charge >= 0.3 is 0 Å². The van der Waals surface area contributed by atoms with Crippen molar-refractivity contribution >= 4 is 0 Å². The van der Waals surface area contributed by atoms with Gasteiger partial charge in [0.2, 0.25) is 0 Å². The molecule has 0 aliphatic carbocycles. The van der Waals surface area contributed by atoms with Crippen LogP contribution in [-0.4, -0.2) is 50.3 Å². The van der Waals surface area contributed by atoms with Gasteiger partial charge < -0.3 is 15.0 Å². The van der Waals surface area contributed by atoms with E-state index in [-0.39, 0.29) is 0 Å². The number of hydrogen-bond donors (Lipinski definition) is 1. The van der Waals surface area contributed by atoms with Crippen molar-refractivity contribution in [3.05, 3.63) is 0 Å². The first-order valence-electron chi connectivity index (χ1n) is 7.37. The summed E-state index contributed by atoms with van der Waals surface area (Å²) in [6.07, 6.45) is 6.76. The maximum absolute atomic E-state index is 5.63. The van der Waals surface area contributed by atoms with Crippen LogP contribution in [0.1, 0.15) is 46.0 Å². The molecule has 1 aliphatic heterocycles. The lowest BCUT2D eigenvalue weighted by Gasteiger charge is -2.14.